The van der Waals surface area contributed by atoms with Crippen molar-refractivity contribution in [2.75, 3.05) is 12.9 Å². The van der Waals surface area contributed by atoms with Gasteiger partial charge in [0, 0.05) is 13.0 Å². The molecule has 1 heterocycles. The molecule has 32 heavy (non-hydrogen) atoms. The number of fused-ring (bicyclic) bond motifs is 1. The number of halogens is 1. The molecule has 2 aromatic carbocycles. The summed E-state index contributed by atoms with van der Waals surface area (Å²) < 4.78 is 45.0. The minimum Gasteiger partial charge on any atom is -0.465 e. The first-order chi connectivity index (χ1) is 15.2. The van der Waals surface area contributed by atoms with Gasteiger partial charge in [-0.3, -0.25) is 4.79 Å². The average Bonchev–Trinajstić information content (AvgIpc) is 3.09. The lowest BCUT2D eigenvalue weighted by Crippen LogP contribution is -2.16. The van der Waals surface area contributed by atoms with Crippen LogP contribution in [0.2, 0.25) is 0 Å². The lowest BCUT2D eigenvalue weighted by Gasteiger charge is -2.04. The van der Waals surface area contributed by atoms with Crippen LogP contribution >= 0.6 is 11.3 Å². The van der Waals surface area contributed by atoms with Crippen molar-refractivity contribution < 1.29 is 27.1 Å². The van der Waals surface area contributed by atoms with Gasteiger partial charge < -0.3 is 9.30 Å². The summed E-state index contributed by atoms with van der Waals surface area (Å²) in [6.07, 6.45) is 1.69. The fourth-order valence-corrected chi connectivity index (χ4v) is 5.45. The van der Waals surface area contributed by atoms with Crippen molar-refractivity contribution in [1.29, 1.82) is 0 Å². The molecule has 1 aromatic heterocycles. The zero-order chi connectivity index (χ0) is 23.3. The lowest BCUT2D eigenvalue weighted by atomic mass is 10.2. The van der Waals surface area contributed by atoms with Gasteiger partial charge in [-0.2, -0.15) is 4.99 Å². The maximum Gasteiger partial charge on any atom is 0.337 e. The molecular weight excluding hydrogens is 455 g/mol. The van der Waals surface area contributed by atoms with E-state index in [1.165, 1.54) is 30.6 Å². The Morgan fingerprint density at radius 2 is 1.94 bits per heavy atom. The monoisotopic (exact) mass is 476 g/mol. The van der Waals surface area contributed by atoms with E-state index in [1.807, 2.05) is 0 Å². The van der Waals surface area contributed by atoms with Crippen molar-refractivity contribution in [3.8, 4) is 0 Å². The van der Waals surface area contributed by atoms with Gasteiger partial charge in [0.25, 0.3) is 0 Å². The molecule has 0 fully saturated rings. The number of carbonyl (C=O) groups excluding carboxylic acids is 2. The van der Waals surface area contributed by atoms with Crippen LogP contribution in [0.15, 0.2) is 65.0 Å². The van der Waals surface area contributed by atoms with Gasteiger partial charge in [-0.25, -0.2) is 17.6 Å². The zero-order valence-electron chi connectivity index (χ0n) is 17.3. The molecule has 0 aliphatic heterocycles. The van der Waals surface area contributed by atoms with Gasteiger partial charge in [0.1, 0.15) is 5.82 Å². The van der Waals surface area contributed by atoms with Crippen LogP contribution in [-0.4, -0.2) is 37.7 Å². The summed E-state index contributed by atoms with van der Waals surface area (Å²) in [6.45, 7) is 4.13. The van der Waals surface area contributed by atoms with Crippen molar-refractivity contribution in [3.05, 3.63) is 71.3 Å². The Bertz CT molecular complexity index is 1340. The van der Waals surface area contributed by atoms with Gasteiger partial charge in [0.15, 0.2) is 14.6 Å². The first-order valence-corrected chi connectivity index (χ1v) is 12.1. The number of benzene rings is 2. The van der Waals surface area contributed by atoms with Crippen LogP contribution in [0.25, 0.3) is 10.2 Å². The topological polar surface area (TPSA) is 94.8 Å². The van der Waals surface area contributed by atoms with E-state index in [-0.39, 0.29) is 23.5 Å². The maximum absolute atomic E-state index is 13.0. The van der Waals surface area contributed by atoms with Crippen LogP contribution in [-0.2, 0) is 25.9 Å². The molecule has 0 unspecified atom stereocenters. The predicted octanol–water partition coefficient (Wildman–Crippen LogP) is 3.50. The number of esters is 1. The summed E-state index contributed by atoms with van der Waals surface area (Å²) in [5, 5.41) is 0. The van der Waals surface area contributed by atoms with Crippen LogP contribution in [0.4, 0.5) is 4.39 Å². The van der Waals surface area contributed by atoms with Crippen LogP contribution in [0.5, 0.6) is 0 Å². The van der Waals surface area contributed by atoms with E-state index in [9.17, 15) is 22.4 Å². The van der Waals surface area contributed by atoms with E-state index in [2.05, 4.69) is 11.6 Å². The number of ether oxygens (including phenoxy) is 1. The molecule has 0 bridgehead atoms. The molecule has 0 saturated carbocycles. The molecule has 3 rings (SSSR count). The van der Waals surface area contributed by atoms with Gasteiger partial charge in [-0.15, -0.1) is 6.58 Å². The third-order valence-corrected chi connectivity index (χ3v) is 7.47. The van der Waals surface area contributed by atoms with E-state index in [1.54, 1.807) is 28.8 Å². The fraction of sp³-hybridized carbons (Fsp3) is 0.227. The van der Waals surface area contributed by atoms with Gasteiger partial charge >= 0.3 is 5.97 Å². The van der Waals surface area contributed by atoms with Gasteiger partial charge in [0.05, 0.1) is 33.5 Å². The number of nitrogens with zero attached hydrogens (tertiary/aromatic N) is 2. The molecule has 0 atom stereocenters. The summed E-state index contributed by atoms with van der Waals surface area (Å²) in [4.78, 5) is 28.8. The molecule has 0 radical (unpaired) electrons. The number of sulfone groups is 1. The first kappa shape index (κ1) is 23.6. The van der Waals surface area contributed by atoms with Gasteiger partial charge in [-0.05, 0) is 48.9 Å². The van der Waals surface area contributed by atoms with Crippen molar-refractivity contribution in [2.24, 2.45) is 4.99 Å². The predicted molar refractivity (Wildman–Crippen MR) is 120 cm³/mol. The molecular formula is C22H21FN2O5S2. The van der Waals surface area contributed by atoms with Crippen LogP contribution in [0, 0.1) is 5.82 Å². The van der Waals surface area contributed by atoms with Crippen LogP contribution in [0.3, 0.4) is 0 Å². The highest BCUT2D eigenvalue weighted by molar-refractivity contribution is 7.91. The molecule has 0 aliphatic carbocycles. The van der Waals surface area contributed by atoms with E-state index in [0.717, 1.165) is 22.3 Å². The zero-order valence-corrected chi connectivity index (χ0v) is 18.9. The Morgan fingerprint density at radius 3 is 2.59 bits per heavy atom. The number of rotatable bonds is 8. The van der Waals surface area contributed by atoms with Crippen LogP contribution in [0.1, 0.15) is 23.2 Å². The number of amides is 1. The molecule has 0 saturated heterocycles. The quantitative estimate of drug-likeness (QED) is 0.282. The van der Waals surface area contributed by atoms with Crippen molar-refractivity contribution >= 4 is 43.3 Å². The highest BCUT2D eigenvalue weighted by atomic mass is 32.2. The van der Waals surface area contributed by atoms with E-state index < -0.39 is 27.5 Å². The largest absolute Gasteiger partial charge is 0.465 e. The highest BCUT2D eigenvalue weighted by Crippen LogP contribution is 2.20. The van der Waals surface area contributed by atoms with E-state index in [0.29, 0.717) is 16.9 Å². The summed E-state index contributed by atoms with van der Waals surface area (Å²) in [7, 11) is -2.32. The third kappa shape index (κ3) is 5.38. The summed E-state index contributed by atoms with van der Waals surface area (Å²) in [5.41, 5.74) is 1.17. The Balaban J connectivity index is 1.79. The van der Waals surface area contributed by atoms with E-state index in [4.69, 9.17) is 4.74 Å². The SMILES string of the molecule is C=CCn1c(=NC(=O)CCCS(=O)(=O)c2ccc(F)cc2)sc2cc(C(=O)OC)ccc21. The summed E-state index contributed by atoms with van der Waals surface area (Å²) in [5.74, 6) is -1.70. The normalized spacial score (nSPS) is 12.1. The number of aromatic nitrogens is 1. The number of hydrogen-bond donors (Lipinski definition) is 0. The summed E-state index contributed by atoms with van der Waals surface area (Å²) in [6, 6.07) is 9.62. The molecule has 168 valence electrons. The third-order valence-electron chi connectivity index (χ3n) is 4.61. The number of allylic oxidation sites excluding steroid dienone is 1. The molecule has 1 amide bonds. The Morgan fingerprint density at radius 1 is 1.22 bits per heavy atom. The smallest absolute Gasteiger partial charge is 0.337 e. The molecule has 0 aliphatic rings. The standard InChI is InChI=1S/C22H21FN2O5S2/c1-3-12-25-18-11-6-15(21(27)30-2)14-19(18)31-22(25)24-20(26)5-4-13-32(28,29)17-9-7-16(23)8-10-17/h3,6-11,14H,1,4-5,12-13H2,2H3. The number of hydrogen-bond acceptors (Lipinski definition) is 6. The molecule has 0 N–H and O–H groups in total. The fourth-order valence-electron chi connectivity index (χ4n) is 3.04. The Hall–Kier alpha value is -3.11. The first-order valence-electron chi connectivity index (χ1n) is 9.63. The average molecular weight is 477 g/mol. The molecule has 3 aromatic rings. The minimum atomic E-state index is -3.62. The van der Waals surface area contributed by atoms with Crippen molar-refractivity contribution in [2.45, 2.75) is 24.3 Å². The number of methoxy groups -OCH3 is 1. The molecule has 0 spiro atoms. The lowest BCUT2D eigenvalue weighted by molar-refractivity contribution is -0.118. The van der Waals surface area contributed by atoms with Gasteiger partial charge in [0.2, 0.25) is 5.91 Å². The van der Waals surface area contributed by atoms with Crippen LogP contribution < -0.4 is 4.80 Å². The number of thiazole rings is 1. The Kier molecular flexibility index (Phi) is 7.37. The molecule has 7 nitrogen and oxygen atoms in total. The Labute approximate surface area is 188 Å². The second-order valence-electron chi connectivity index (χ2n) is 6.84. The second-order valence-corrected chi connectivity index (χ2v) is 9.96. The highest BCUT2D eigenvalue weighted by Gasteiger charge is 2.16. The number of carbonyl (C=O) groups is 2. The second kappa shape index (κ2) is 10.0. The summed E-state index contributed by atoms with van der Waals surface area (Å²) >= 11 is 1.24. The van der Waals surface area contributed by atoms with Gasteiger partial charge in [-0.1, -0.05) is 17.4 Å². The minimum absolute atomic E-state index is 0.0121. The van der Waals surface area contributed by atoms with E-state index >= 15 is 0 Å². The van der Waals surface area contributed by atoms with Crippen molar-refractivity contribution in [3.63, 3.8) is 0 Å². The van der Waals surface area contributed by atoms with Crippen molar-refractivity contribution in [1.82, 2.24) is 4.57 Å². The maximum atomic E-state index is 13.0. The molecule has 10 heteroatoms.